The zero-order valence-corrected chi connectivity index (χ0v) is 14.6. The normalized spacial score (nSPS) is 15.3. The molecule has 2 rings (SSSR count). The summed E-state index contributed by atoms with van der Waals surface area (Å²) in [5, 5.41) is 0. The predicted molar refractivity (Wildman–Crippen MR) is 92.7 cm³/mol. The fourth-order valence-electron chi connectivity index (χ4n) is 3.23. The number of unbranched alkanes of at least 4 members (excludes halogenated alkanes) is 6. The molecule has 0 fully saturated rings. The summed E-state index contributed by atoms with van der Waals surface area (Å²) in [6.07, 6.45) is 15.0. The van der Waals surface area contributed by atoms with E-state index in [1.54, 1.807) is 11.1 Å². The van der Waals surface area contributed by atoms with Crippen LogP contribution < -0.4 is 0 Å². The van der Waals surface area contributed by atoms with Crippen molar-refractivity contribution in [2.75, 3.05) is 0 Å². The summed E-state index contributed by atoms with van der Waals surface area (Å²) in [7, 11) is 0. The van der Waals surface area contributed by atoms with Crippen LogP contribution in [0.5, 0.6) is 0 Å². The number of rotatable bonds is 9. The van der Waals surface area contributed by atoms with Gasteiger partial charge in [-0.1, -0.05) is 86.0 Å². The van der Waals surface area contributed by atoms with E-state index < -0.39 is 0 Å². The molecule has 0 radical (unpaired) electrons. The summed E-state index contributed by atoms with van der Waals surface area (Å²) >= 11 is 3.89. The maximum absolute atomic E-state index is 3.89. The third-order valence-corrected chi connectivity index (χ3v) is 5.53. The molecule has 20 heavy (non-hydrogen) atoms. The lowest BCUT2D eigenvalue weighted by molar-refractivity contribution is 0.574. The number of aryl methyl sites for hydroxylation is 2. The van der Waals surface area contributed by atoms with Crippen LogP contribution in [0.3, 0.4) is 0 Å². The molecule has 0 saturated carbocycles. The first-order valence-electron chi connectivity index (χ1n) is 8.57. The highest BCUT2D eigenvalue weighted by molar-refractivity contribution is 9.09. The van der Waals surface area contributed by atoms with E-state index in [0.717, 1.165) is 0 Å². The van der Waals surface area contributed by atoms with Crippen LogP contribution in [0.4, 0.5) is 0 Å². The number of alkyl halides is 1. The molecule has 1 atom stereocenters. The van der Waals surface area contributed by atoms with Crippen LogP contribution >= 0.6 is 15.9 Å². The monoisotopic (exact) mass is 336 g/mol. The van der Waals surface area contributed by atoms with Gasteiger partial charge in [0.1, 0.15) is 0 Å². The number of benzene rings is 1. The van der Waals surface area contributed by atoms with Gasteiger partial charge in [-0.25, -0.2) is 0 Å². The van der Waals surface area contributed by atoms with Crippen LogP contribution in [-0.4, -0.2) is 0 Å². The number of hydrogen-bond donors (Lipinski definition) is 0. The van der Waals surface area contributed by atoms with E-state index in [1.807, 2.05) is 0 Å². The van der Waals surface area contributed by atoms with Crippen molar-refractivity contribution in [3.8, 4) is 0 Å². The number of fused-ring (bicyclic) bond motifs is 1. The van der Waals surface area contributed by atoms with Crippen LogP contribution in [-0.2, 0) is 12.8 Å². The Kier molecular flexibility index (Phi) is 7.13. The minimum Gasteiger partial charge on any atom is -0.0839 e. The Morgan fingerprint density at radius 3 is 2.45 bits per heavy atom. The fraction of sp³-hybridized carbons (Fsp3) is 0.684. The lowest BCUT2D eigenvalue weighted by Gasteiger charge is -2.12. The average Bonchev–Trinajstić information content (AvgIpc) is 2.93. The molecule has 0 aromatic heterocycles. The predicted octanol–water partition coefficient (Wildman–Crippen LogP) is 6.75. The van der Waals surface area contributed by atoms with E-state index in [0.29, 0.717) is 4.83 Å². The van der Waals surface area contributed by atoms with Crippen LogP contribution in [0, 0.1) is 0 Å². The molecule has 1 aliphatic carbocycles. The molecule has 1 aromatic rings. The van der Waals surface area contributed by atoms with Gasteiger partial charge in [0.05, 0.1) is 0 Å². The van der Waals surface area contributed by atoms with E-state index >= 15 is 0 Å². The van der Waals surface area contributed by atoms with E-state index in [9.17, 15) is 0 Å². The second-order valence-electron chi connectivity index (χ2n) is 6.26. The Bertz CT molecular complexity index is 397. The van der Waals surface area contributed by atoms with Crippen molar-refractivity contribution in [2.24, 2.45) is 0 Å². The Labute approximate surface area is 133 Å². The number of hydrogen-bond acceptors (Lipinski definition) is 0. The summed E-state index contributed by atoms with van der Waals surface area (Å²) in [4.78, 5) is 0.559. The summed E-state index contributed by atoms with van der Waals surface area (Å²) in [6.45, 7) is 2.28. The standard InChI is InChI=1S/C19H29Br/c1-2-3-4-5-6-7-8-12-19(20)18-14-13-16-10-9-11-17(16)15-18/h13-15,19H,2-12H2,1H3. The third kappa shape index (κ3) is 4.91. The molecule has 0 saturated heterocycles. The average molecular weight is 337 g/mol. The van der Waals surface area contributed by atoms with Gasteiger partial charge in [-0.05, 0) is 42.4 Å². The second-order valence-corrected chi connectivity index (χ2v) is 7.36. The zero-order valence-electron chi connectivity index (χ0n) is 13.0. The molecule has 0 nitrogen and oxygen atoms in total. The lowest BCUT2D eigenvalue weighted by Crippen LogP contribution is -1.93. The zero-order chi connectivity index (χ0) is 14.2. The van der Waals surface area contributed by atoms with E-state index in [2.05, 4.69) is 41.1 Å². The van der Waals surface area contributed by atoms with Crippen molar-refractivity contribution in [1.29, 1.82) is 0 Å². The molecule has 112 valence electrons. The minimum atomic E-state index is 0.559. The first-order chi connectivity index (χ1) is 9.81. The van der Waals surface area contributed by atoms with Gasteiger partial charge in [0.15, 0.2) is 0 Å². The van der Waals surface area contributed by atoms with Crippen molar-refractivity contribution in [3.63, 3.8) is 0 Å². The van der Waals surface area contributed by atoms with Gasteiger partial charge in [-0.15, -0.1) is 0 Å². The third-order valence-electron chi connectivity index (χ3n) is 4.55. The van der Waals surface area contributed by atoms with Crippen molar-refractivity contribution in [2.45, 2.75) is 82.4 Å². The second kappa shape index (κ2) is 8.87. The molecule has 0 N–H and O–H groups in total. The van der Waals surface area contributed by atoms with Crippen LogP contribution in [0.2, 0.25) is 0 Å². The topological polar surface area (TPSA) is 0 Å². The smallest absolute Gasteiger partial charge is 0.0395 e. The molecule has 0 bridgehead atoms. The maximum Gasteiger partial charge on any atom is 0.0395 e. The minimum absolute atomic E-state index is 0.559. The summed E-state index contributed by atoms with van der Waals surface area (Å²) in [5.74, 6) is 0. The highest BCUT2D eigenvalue weighted by Gasteiger charge is 2.14. The largest absolute Gasteiger partial charge is 0.0839 e. The summed E-state index contributed by atoms with van der Waals surface area (Å²) in [6, 6.07) is 7.14. The Balaban J connectivity index is 1.66. The molecule has 0 amide bonds. The van der Waals surface area contributed by atoms with Crippen LogP contribution in [0.1, 0.15) is 86.2 Å². The van der Waals surface area contributed by atoms with E-state index in [1.165, 1.54) is 76.2 Å². The Hall–Kier alpha value is -0.300. The summed E-state index contributed by atoms with van der Waals surface area (Å²) < 4.78 is 0. The van der Waals surface area contributed by atoms with Gasteiger partial charge in [0.2, 0.25) is 0 Å². The van der Waals surface area contributed by atoms with Crippen molar-refractivity contribution in [1.82, 2.24) is 0 Å². The highest BCUT2D eigenvalue weighted by Crippen LogP contribution is 2.32. The van der Waals surface area contributed by atoms with Crippen molar-refractivity contribution < 1.29 is 0 Å². The molecular weight excluding hydrogens is 308 g/mol. The van der Waals surface area contributed by atoms with Crippen LogP contribution in [0.15, 0.2) is 18.2 Å². The molecule has 1 unspecified atom stereocenters. The molecule has 0 spiro atoms. The molecule has 0 heterocycles. The molecule has 1 aromatic carbocycles. The van der Waals surface area contributed by atoms with Gasteiger partial charge in [-0.3, -0.25) is 0 Å². The van der Waals surface area contributed by atoms with Crippen molar-refractivity contribution >= 4 is 15.9 Å². The van der Waals surface area contributed by atoms with Crippen molar-refractivity contribution in [3.05, 3.63) is 34.9 Å². The van der Waals surface area contributed by atoms with Gasteiger partial charge in [0.25, 0.3) is 0 Å². The van der Waals surface area contributed by atoms with Gasteiger partial charge in [-0.2, -0.15) is 0 Å². The SMILES string of the molecule is CCCCCCCCCC(Br)c1ccc2c(c1)CCC2. The lowest BCUT2D eigenvalue weighted by atomic mass is 10.0. The molecule has 0 aliphatic heterocycles. The first kappa shape index (κ1) is 16.1. The number of halogens is 1. The maximum atomic E-state index is 3.89. The van der Waals surface area contributed by atoms with Gasteiger partial charge in [0, 0.05) is 4.83 Å². The first-order valence-corrected chi connectivity index (χ1v) is 9.48. The molecule has 1 heteroatoms. The molecular formula is C19H29Br. The van der Waals surface area contributed by atoms with Gasteiger partial charge >= 0.3 is 0 Å². The van der Waals surface area contributed by atoms with Crippen LogP contribution in [0.25, 0.3) is 0 Å². The Morgan fingerprint density at radius 2 is 1.65 bits per heavy atom. The highest BCUT2D eigenvalue weighted by atomic mass is 79.9. The molecule has 1 aliphatic rings. The Morgan fingerprint density at radius 1 is 0.950 bits per heavy atom. The quantitative estimate of drug-likeness (QED) is 0.345. The van der Waals surface area contributed by atoms with E-state index in [-0.39, 0.29) is 0 Å². The van der Waals surface area contributed by atoms with Gasteiger partial charge < -0.3 is 0 Å². The summed E-state index contributed by atoms with van der Waals surface area (Å²) in [5.41, 5.74) is 4.69. The van der Waals surface area contributed by atoms with E-state index in [4.69, 9.17) is 0 Å². The fourth-order valence-corrected chi connectivity index (χ4v) is 3.84.